The van der Waals surface area contributed by atoms with E-state index in [1.165, 1.54) is 12.8 Å². The van der Waals surface area contributed by atoms with Gasteiger partial charge < -0.3 is 14.5 Å². The standard InChI is InChI=1S/C19H34N4O3/c1-2-18(24)22-9-7-21(8-10-22)15-17-3-5-20(6-4-17)16-19(25)23-11-13-26-14-12-23/h17H,2-16H2,1H3. The van der Waals surface area contributed by atoms with E-state index in [9.17, 15) is 9.59 Å². The summed E-state index contributed by atoms with van der Waals surface area (Å²) in [7, 11) is 0. The van der Waals surface area contributed by atoms with Crippen LogP contribution in [-0.2, 0) is 14.3 Å². The highest BCUT2D eigenvalue weighted by molar-refractivity contribution is 5.78. The van der Waals surface area contributed by atoms with Crippen LogP contribution in [-0.4, -0.2) is 110 Å². The Hall–Kier alpha value is -1.18. The monoisotopic (exact) mass is 366 g/mol. The predicted octanol–water partition coefficient (Wildman–Crippen LogP) is 0.111. The second kappa shape index (κ2) is 9.67. The Labute approximate surface area is 157 Å². The highest BCUT2D eigenvalue weighted by Crippen LogP contribution is 2.19. The maximum absolute atomic E-state index is 12.4. The first-order valence-electron chi connectivity index (χ1n) is 10.2. The Kier molecular flexibility index (Phi) is 7.28. The molecule has 3 saturated heterocycles. The van der Waals surface area contributed by atoms with Crippen molar-refractivity contribution in [2.75, 3.05) is 78.7 Å². The lowest BCUT2D eigenvalue weighted by atomic mass is 9.96. The van der Waals surface area contributed by atoms with Crippen molar-refractivity contribution < 1.29 is 14.3 Å². The summed E-state index contributed by atoms with van der Waals surface area (Å²) in [6.07, 6.45) is 2.95. The third kappa shape index (κ3) is 5.41. The van der Waals surface area contributed by atoms with E-state index in [-0.39, 0.29) is 11.8 Å². The van der Waals surface area contributed by atoms with Gasteiger partial charge in [-0.05, 0) is 31.8 Å². The quantitative estimate of drug-likeness (QED) is 0.691. The summed E-state index contributed by atoms with van der Waals surface area (Å²) >= 11 is 0. The summed E-state index contributed by atoms with van der Waals surface area (Å²) in [5.74, 6) is 1.25. The molecule has 3 aliphatic rings. The zero-order valence-electron chi connectivity index (χ0n) is 16.2. The van der Waals surface area contributed by atoms with Gasteiger partial charge in [0.2, 0.25) is 11.8 Å². The van der Waals surface area contributed by atoms with Gasteiger partial charge in [0, 0.05) is 52.2 Å². The van der Waals surface area contributed by atoms with E-state index in [1.807, 2.05) is 16.7 Å². The van der Waals surface area contributed by atoms with Gasteiger partial charge >= 0.3 is 0 Å². The maximum atomic E-state index is 12.4. The molecule has 3 heterocycles. The molecular weight excluding hydrogens is 332 g/mol. The summed E-state index contributed by atoms with van der Waals surface area (Å²) in [6.45, 7) is 12.3. The third-order valence-corrected chi connectivity index (χ3v) is 5.97. The lowest BCUT2D eigenvalue weighted by Crippen LogP contribution is -2.51. The molecule has 0 N–H and O–H groups in total. The molecule has 0 bridgehead atoms. The molecule has 3 rings (SSSR count). The molecule has 0 saturated carbocycles. The number of ether oxygens (including phenoxy) is 1. The lowest BCUT2D eigenvalue weighted by Gasteiger charge is -2.39. The predicted molar refractivity (Wildman–Crippen MR) is 99.9 cm³/mol. The van der Waals surface area contributed by atoms with E-state index in [2.05, 4.69) is 9.80 Å². The molecule has 3 fully saturated rings. The molecule has 7 heteroatoms. The number of rotatable bonds is 5. The molecule has 0 aromatic carbocycles. The van der Waals surface area contributed by atoms with Crippen molar-refractivity contribution in [3.05, 3.63) is 0 Å². The van der Waals surface area contributed by atoms with Gasteiger partial charge in [-0.1, -0.05) is 6.92 Å². The Morgan fingerprint density at radius 3 is 2.04 bits per heavy atom. The van der Waals surface area contributed by atoms with Crippen molar-refractivity contribution in [2.24, 2.45) is 5.92 Å². The number of hydrogen-bond acceptors (Lipinski definition) is 5. The van der Waals surface area contributed by atoms with Crippen LogP contribution in [0.3, 0.4) is 0 Å². The normalized spacial score (nSPS) is 24.0. The Morgan fingerprint density at radius 1 is 0.808 bits per heavy atom. The molecule has 148 valence electrons. The van der Waals surface area contributed by atoms with Gasteiger partial charge in [0.05, 0.1) is 19.8 Å². The first-order valence-corrected chi connectivity index (χ1v) is 10.2. The van der Waals surface area contributed by atoms with Crippen LogP contribution in [0.25, 0.3) is 0 Å². The molecule has 7 nitrogen and oxygen atoms in total. The molecule has 0 aromatic rings. The van der Waals surface area contributed by atoms with Gasteiger partial charge in [-0.2, -0.15) is 0 Å². The molecule has 0 aromatic heterocycles. The van der Waals surface area contributed by atoms with Crippen LogP contribution >= 0.6 is 0 Å². The zero-order valence-corrected chi connectivity index (χ0v) is 16.2. The summed E-state index contributed by atoms with van der Waals surface area (Å²) in [5, 5.41) is 0. The van der Waals surface area contributed by atoms with Gasteiger partial charge in [-0.25, -0.2) is 0 Å². The van der Waals surface area contributed by atoms with Crippen LogP contribution in [0, 0.1) is 5.92 Å². The number of carbonyl (C=O) groups excluding carboxylic acids is 2. The molecule has 0 radical (unpaired) electrons. The molecule has 26 heavy (non-hydrogen) atoms. The molecule has 0 atom stereocenters. The van der Waals surface area contributed by atoms with Crippen molar-refractivity contribution in [1.82, 2.24) is 19.6 Å². The smallest absolute Gasteiger partial charge is 0.236 e. The molecule has 0 aliphatic carbocycles. The van der Waals surface area contributed by atoms with Crippen LogP contribution in [0.4, 0.5) is 0 Å². The van der Waals surface area contributed by atoms with Crippen LogP contribution < -0.4 is 0 Å². The topological polar surface area (TPSA) is 56.3 Å². The van der Waals surface area contributed by atoms with Gasteiger partial charge in [0.25, 0.3) is 0 Å². The summed E-state index contributed by atoms with van der Waals surface area (Å²) in [4.78, 5) is 32.9. The van der Waals surface area contributed by atoms with Crippen LogP contribution in [0.15, 0.2) is 0 Å². The first kappa shape index (κ1) is 19.6. The number of piperidine rings is 1. The van der Waals surface area contributed by atoms with E-state index in [4.69, 9.17) is 4.74 Å². The zero-order chi connectivity index (χ0) is 18.4. The van der Waals surface area contributed by atoms with Crippen molar-refractivity contribution in [1.29, 1.82) is 0 Å². The van der Waals surface area contributed by atoms with Gasteiger partial charge in [-0.3, -0.25) is 19.4 Å². The summed E-state index contributed by atoms with van der Waals surface area (Å²) in [5.41, 5.74) is 0. The van der Waals surface area contributed by atoms with Gasteiger partial charge in [-0.15, -0.1) is 0 Å². The fraction of sp³-hybridized carbons (Fsp3) is 0.895. The number of carbonyl (C=O) groups is 2. The minimum Gasteiger partial charge on any atom is -0.378 e. The van der Waals surface area contributed by atoms with Crippen molar-refractivity contribution in [3.8, 4) is 0 Å². The van der Waals surface area contributed by atoms with Crippen molar-refractivity contribution >= 4 is 11.8 Å². The van der Waals surface area contributed by atoms with Crippen molar-refractivity contribution in [3.63, 3.8) is 0 Å². The fourth-order valence-corrected chi connectivity index (χ4v) is 4.20. The van der Waals surface area contributed by atoms with E-state index in [0.717, 1.165) is 64.8 Å². The van der Waals surface area contributed by atoms with Crippen LogP contribution in [0.5, 0.6) is 0 Å². The Balaban J connectivity index is 1.33. The third-order valence-electron chi connectivity index (χ3n) is 5.97. The number of nitrogens with zero attached hydrogens (tertiary/aromatic N) is 4. The molecule has 0 unspecified atom stereocenters. The Morgan fingerprint density at radius 2 is 1.42 bits per heavy atom. The van der Waals surface area contributed by atoms with Gasteiger partial charge in [0.1, 0.15) is 0 Å². The van der Waals surface area contributed by atoms with E-state index >= 15 is 0 Å². The minimum atomic E-state index is 0.253. The van der Waals surface area contributed by atoms with E-state index < -0.39 is 0 Å². The fourth-order valence-electron chi connectivity index (χ4n) is 4.20. The minimum absolute atomic E-state index is 0.253. The van der Waals surface area contributed by atoms with Crippen molar-refractivity contribution in [2.45, 2.75) is 26.2 Å². The Bertz CT molecular complexity index is 465. The number of hydrogen-bond donors (Lipinski definition) is 0. The molecule has 3 aliphatic heterocycles. The largest absolute Gasteiger partial charge is 0.378 e. The number of amides is 2. The van der Waals surface area contributed by atoms with E-state index in [0.29, 0.717) is 26.2 Å². The van der Waals surface area contributed by atoms with Gasteiger partial charge in [0.15, 0.2) is 0 Å². The average Bonchev–Trinajstić information content (AvgIpc) is 2.70. The maximum Gasteiger partial charge on any atom is 0.236 e. The lowest BCUT2D eigenvalue weighted by molar-refractivity contribution is -0.137. The highest BCUT2D eigenvalue weighted by atomic mass is 16.5. The highest BCUT2D eigenvalue weighted by Gasteiger charge is 2.26. The summed E-state index contributed by atoms with van der Waals surface area (Å²) in [6, 6.07) is 0. The number of likely N-dealkylation sites (tertiary alicyclic amines) is 1. The molecule has 2 amide bonds. The van der Waals surface area contributed by atoms with Crippen LogP contribution in [0.2, 0.25) is 0 Å². The van der Waals surface area contributed by atoms with E-state index in [1.54, 1.807) is 0 Å². The summed E-state index contributed by atoms with van der Waals surface area (Å²) < 4.78 is 5.32. The average molecular weight is 367 g/mol. The number of morpholine rings is 1. The second-order valence-electron chi connectivity index (χ2n) is 7.75. The SMILES string of the molecule is CCC(=O)N1CCN(CC2CCN(CC(=O)N3CCOCC3)CC2)CC1. The second-order valence-corrected chi connectivity index (χ2v) is 7.75. The van der Waals surface area contributed by atoms with Crippen LogP contribution in [0.1, 0.15) is 26.2 Å². The molecular formula is C19H34N4O3. The number of piperazine rings is 1. The first-order chi connectivity index (χ1) is 12.7. The molecule has 0 spiro atoms.